The Kier molecular flexibility index (Phi) is 4.91. The van der Waals surface area contributed by atoms with E-state index in [4.69, 9.17) is 0 Å². The SMILES string of the molecule is Cc1c(C2CNCCC2F)cnc(NC2CCCCC2)c1F. The first-order valence-corrected chi connectivity index (χ1v) is 8.43. The minimum absolute atomic E-state index is 0.292. The highest BCUT2D eigenvalue weighted by atomic mass is 19.1. The van der Waals surface area contributed by atoms with Gasteiger partial charge in [0.2, 0.25) is 0 Å². The molecule has 1 aliphatic heterocycles. The Morgan fingerprint density at radius 3 is 2.73 bits per heavy atom. The third-order valence-electron chi connectivity index (χ3n) is 5.05. The van der Waals surface area contributed by atoms with Crippen molar-refractivity contribution in [2.75, 3.05) is 18.4 Å². The van der Waals surface area contributed by atoms with Gasteiger partial charge in [0.25, 0.3) is 0 Å². The molecule has 5 heteroatoms. The van der Waals surface area contributed by atoms with Crippen LogP contribution in [0.2, 0.25) is 0 Å². The zero-order valence-electron chi connectivity index (χ0n) is 13.2. The molecule has 2 N–H and O–H groups in total. The van der Waals surface area contributed by atoms with Gasteiger partial charge in [-0.1, -0.05) is 19.3 Å². The van der Waals surface area contributed by atoms with Crippen LogP contribution in [-0.4, -0.2) is 30.3 Å². The summed E-state index contributed by atoms with van der Waals surface area (Å²) in [6.07, 6.45) is 7.00. The number of alkyl halides is 1. The van der Waals surface area contributed by atoms with Crippen molar-refractivity contribution in [2.45, 2.75) is 63.6 Å². The van der Waals surface area contributed by atoms with Crippen molar-refractivity contribution >= 4 is 5.82 Å². The maximum atomic E-state index is 14.6. The molecule has 1 saturated carbocycles. The van der Waals surface area contributed by atoms with E-state index in [1.54, 1.807) is 13.1 Å². The van der Waals surface area contributed by atoms with E-state index in [0.717, 1.165) is 12.8 Å². The van der Waals surface area contributed by atoms with Crippen molar-refractivity contribution in [1.82, 2.24) is 10.3 Å². The average Bonchev–Trinajstić information content (AvgIpc) is 2.54. The number of anilines is 1. The summed E-state index contributed by atoms with van der Waals surface area (Å²) in [4.78, 5) is 4.26. The van der Waals surface area contributed by atoms with Crippen molar-refractivity contribution in [3.63, 3.8) is 0 Å². The Bertz CT molecular complexity index is 515. The standard InChI is InChI=1S/C17H25F2N3/c1-11-13(14-9-20-8-7-15(14)18)10-21-17(16(11)19)22-12-5-3-2-4-6-12/h10,12,14-15,20H,2-9H2,1H3,(H,21,22). The van der Waals surface area contributed by atoms with Gasteiger partial charge in [-0.3, -0.25) is 0 Å². The van der Waals surface area contributed by atoms with E-state index in [9.17, 15) is 8.78 Å². The van der Waals surface area contributed by atoms with E-state index in [1.165, 1.54) is 19.3 Å². The van der Waals surface area contributed by atoms with Gasteiger partial charge < -0.3 is 10.6 Å². The Balaban J connectivity index is 1.78. The molecule has 0 spiro atoms. The molecule has 1 saturated heterocycles. The third-order valence-corrected chi connectivity index (χ3v) is 5.05. The summed E-state index contributed by atoms with van der Waals surface area (Å²) < 4.78 is 28.7. The average molecular weight is 309 g/mol. The molecule has 3 nitrogen and oxygen atoms in total. The molecule has 0 radical (unpaired) electrons. The molecule has 122 valence electrons. The number of nitrogens with one attached hydrogen (secondary N) is 2. The molecule has 1 aromatic heterocycles. The van der Waals surface area contributed by atoms with Crippen LogP contribution < -0.4 is 10.6 Å². The highest BCUT2D eigenvalue weighted by Crippen LogP contribution is 2.31. The van der Waals surface area contributed by atoms with Crippen LogP contribution in [0, 0.1) is 12.7 Å². The summed E-state index contributed by atoms with van der Waals surface area (Å²) in [5.41, 5.74) is 1.23. The quantitative estimate of drug-likeness (QED) is 0.894. The molecule has 2 fully saturated rings. The first-order valence-electron chi connectivity index (χ1n) is 8.43. The van der Waals surface area contributed by atoms with Crippen LogP contribution in [0.3, 0.4) is 0 Å². The highest BCUT2D eigenvalue weighted by molar-refractivity contribution is 5.45. The number of pyridine rings is 1. The molecule has 0 amide bonds. The van der Waals surface area contributed by atoms with Crippen molar-refractivity contribution in [3.8, 4) is 0 Å². The summed E-state index contributed by atoms with van der Waals surface area (Å²) in [6.45, 7) is 2.98. The van der Waals surface area contributed by atoms with Crippen molar-refractivity contribution < 1.29 is 8.78 Å². The fourth-order valence-electron chi connectivity index (χ4n) is 3.64. The van der Waals surface area contributed by atoms with Crippen molar-refractivity contribution in [3.05, 3.63) is 23.1 Å². The Labute approximate surface area is 130 Å². The largest absolute Gasteiger partial charge is 0.365 e. The molecule has 22 heavy (non-hydrogen) atoms. The van der Waals surface area contributed by atoms with Gasteiger partial charge in [0.15, 0.2) is 11.6 Å². The minimum atomic E-state index is -0.918. The number of hydrogen-bond acceptors (Lipinski definition) is 3. The van der Waals surface area contributed by atoms with Gasteiger partial charge in [-0.05, 0) is 43.9 Å². The second-order valence-corrected chi connectivity index (χ2v) is 6.60. The van der Waals surface area contributed by atoms with Crippen molar-refractivity contribution in [1.29, 1.82) is 0 Å². The topological polar surface area (TPSA) is 37.0 Å². The van der Waals surface area contributed by atoms with Crippen molar-refractivity contribution in [2.24, 2.45) is 0 Å². The fourth-order valence-corrected chi connectivity index (χ4v) is 3.64. The lowest BCUT2D eigenvalue weighted by Gasteiger charge is -2.29. The monoisotopic (exact) mass is 309 g/mol. The normalized spacial score (nSPS) is 26.9. The fraction of sp³-hybridized carbons (Fsp3) is 0.706. The minimum Gasteiger partial charge on any atom is -0.365 e. The zero-order valence-corrected chi connectivity index (χ0v) is 13.2. The highest BCUT2D eigenvalue weighted by Gasteiger charge is 2.29. The van der Waals surface area contributed by atoms with Crippen LogP contribution in [0.25, 0.3) is 0 Å². The molecule has 2 heterocycles. The van der Waals surface area contributed by atoms with E-state index in [2.05, 4.69) is 15.6 Å². The van der Waals surface area contributed by atoms with Gasteiger partial charge in [-0.25, -0.2) is 13.8 Å². The number of hydrogen-bond donors (Lipinski definition) is 2. The van der Waals surface area contributed by atoms with E-state index >= 15 is 0 Å². The Hall–Kier alpha value is -1.23. The van der Waals surface area contributed by atoms with Crippen LogP contribution in [0.4, 0.5) is 14.6 Å². The van der Waals surface area contributed by atoms with Gasteiger partial charge >= 0.3 is 0 Å². The zero-order chi connectivity index (χ0) is 15.5. The van der Waals surface area contributed by atoms with Crippen LogP contribution >= 0.6 is 0 Å². The molecule has 0 aromatic carbocycles. The number of rotatable bonds is 3. The van der Waals surface area contributed by atoms with E-state index in [-0.39, 0.29) is 11.7 Å². The maximum Gasteiger partial charge on any atom is 0.168 e. The lowest BCUT2D eigenvalue weighted by Crippen LogP contribution is -2.36. The Morgan fingerprint density at radius 1 is 1.23 bits per heavy atom. The number of nitrogens with zero attached hydrogens (tertiary/aromatic N) is 1. The lowest BCUT2D eigenvalue weighted by atomic mass is 9.88. The second-order valence-electron chi connectivity index (χ2n) is 6.60. The summed E-state index contributed by atoms with van der Waals surface area (Å²) in [5, 5.41) is 6.42. The van der Waals surface area contributed by atoms with Crippen LogP contribution in [0.5, 0.6) is 0 Å². The first kappa shape index (κ1) is 15.7. The molecular formula is C17H25F2N3. The number of piperidine rings is 1. The summed E-state index contributed by atoms with van der Waals surface area (Å²) in [5.74, 6) is -0.285. The van der Waals surface area contributed by atoms with Gasteiger partial charge in [0.05, 0.1) is 0 Å². The van der Waals surface area contributed by atoms with Gasteiger partial charge in [0.1, 0.15) is 6.17 Å². The molecular weight excluding hydrogens is 284 g/mol. The predicted octanol–water partition coefficient (Wildman–Crippen LogP) is 3.69. The second kappa shape index (κ2) is 6.90. The van der Waals surface area contributed by atoms with Crippen LogP contribution in [0.1, 0.15) is 55.6 Å². The van der Waals surface area contributed by atoms with Crippen LogP contribution in [-0.2, 0) is 0 Å². The Morgan fingerprint density at radius 2 is 2.00 bits per heavy atom. The number of aromatic nitrogens is 1. The third kappa shape index (κ3) is 3.24. The van der Waals surface area contributed by atoms with E-state index in [0.29, 0.717) is 42.5 Å². The molecule has 1 aromatic rings. The smallest absolute Gasteiger partial charge is 0.168 e. The predicted molar refractivity (Wildman–Crippen MR) is 84.6 cm³/mol. The summed E-state index contributed by atoms with van der Waals surface area (Å²) in [6, 6.07) is 0.311. The molecule has 0 bridgehead atoms. The molecule has 3 rings (SSSR count). The van der Waals surface area contributed by atoms with E-state index < -0.39 is 6.17 Å². The summed E-state index contributed by atoms with van der Waals surface area (Å²) in [7, 11) is 0. The van der Waals surface area contributed by atoms with E-state index in [1.807, 2.05) is 0 Å². The lowest BCUT2D eigenvalue weighted by molar-refractivity contribution is 0.227. The van der Waals surface area contributed by atoms with Gasteiger partial charge in [0, 0.05) is 24.7 Å². The van der Waals surface area contributed by atoms with Gasteiger partial charge in [-0.15, -0.1) is 0 Å². The van der Waals surface area contributed by atoms with Gasteiger partial charge in [-0.2, -0.15) is 0 Å². The molecule has 2 atom stereocenters. The molecule has 2 aliphatic rings. The summed E-state index contributed by atoms with van der Waals surface area (Å²) >= 11 is 0. The molecule has 2 unspecified atom stereocenters. The first-order chi connectivity index (χ1) is 10.7. The maximum absolute atomic E-state index is 14.6. The number of halogens is 2. The molecule has 1 aliphatic carbocycles. The van der Waals surface area contributed by atoms with Crippen LogP contribution in [0.15, 0.2) is 6.20 Å².